The summed E-state index contributed by atoms with van der Waals surface area (Å²) in [7, 11) is 0. The molecule has 2 N–H and O–H groups in total. The van der Waals surface area contributed by atoms with Crippen molar-refractivity contribution in [1.29, 1.82) is 0 Å². The Morgan fingerprint density at radius 2 is 2.21 bits per heavy atom. The SMILES string of the molecule is CCCNc1cc(NC2(C)CCOC2)nc(SC)n1. The molecule has 1 saturated heterocycles. The summed E-state index contributed by atoms with van der Waals surface area (Å²) < 4.78 is 5.46. The van der Waals surface area contributed by atoms with Crippen LogP contribution in [0.5, 0.6) is 0 Å². The van der Waals surface area contributed by atoms with Crippen LogP contribution in [0.2, 0.25) is 0 Å². The van der Waals surface area contributed by atoms with Gasteiger partial charge in [0.1, 0.15) is 11.6 Å². The lowest BCUT2D eigenvalue weighted by molar-refractivity contribution is 0.185. The lowest BCUT2D eigenvalue weighted by atomic mass is 10.0. The van der Waals surface area contributed by atoms with Gasteiger partial charge in [-0.15, -0.1) is 0 Å². The smallest absolute Gasteiger partial charge is 0.191 e. The van der Waals surface area contributed by atoms with Crippen molar-refractivity contribution < 1.29 is 4.74 Å². The molecule has 1 atom stereocenters. The molecule has 0 spiro atoms. The predicted octanol–water partition coefficient (Wildman–Crippen LogP) is 2.61. The van der Waals surface area contributed by atoms with Crippen LogP contribution < -0.4 is 10.6 Å². The highest BCUT2D eigenvalue weighted by molar-refractivity contribution is 7.98. The number of rotatable bonds is 6. The highest BCUT2D eigenvalue weighted by Crippen LogP contribution is 2.25. The van der Waals surface area contributed by atoms with Gasteiger partial charge in [-0.2, -0.15) is 0 Å². The van der Waals surface area contributed by atoms with E-state index >= 15 is 0 Å². The van der Waals surface area contributed by atoms with E-state index in [1.165, 1.54) is 0 Å². The zero-order chi connectivity index (χ0) is 13.7. The van der Waals surface area contributed by atoms with Gasteiger partial charge in [-0.05, 0) is 26.0 Å². The molecule has 0 aliphatic carbocycles. The molecule has 19 heavy (non-hydrogen) atoms. The number of hydrogen-bond acceptors (Lipinski definition) is 6. The summed E-state index contributed by atoms with van der Waals surface area (Å²) in [6.07, 6.45) is 4.07. The van der Waals surface area contributed by atoms with E-state index in [-0.39, 0.29) is 5.54 Å². The molecular formula is C13H22N4OS. The number of anilines is 2. The zero-order valence-corrected chi connectivity index (χ0v) is 12.6. The van der Waals surface area contributed by atoms with Gasteiger partial charge in [-0.1, -0.05) is 18.7 Å². The number of aromatic nitrogens is 2. The first-order valence-corrected chi connectivity index (χ1v) is 7.90. The molecule has 1 fully saturated rings. The molecule has 0 radical (unpaired) electrons. The number of thioether (sulfide) groups is 1. The van der Waals surface area contributed by atoms with Gasteiger partial charge in [-0.3, -0.25) is 0 Å². The monoisotopic (exact) mass is 282 g/mol. The summed E-state index contributed by atoms with van der Waals surface area (Å²) in [5.41, 5.74) is -0.0218. The molecule has 2 heterocycles. The summed E-state index contributed by atoms with van der Waals surface area (Å²) in [5.74, 6) is 1.75. The van der Waals surface area contributed by atoms with Crippen LogP contribution in [0.1, 0.15) is 26.7 Å². The van der Waals surface area contributed by atoms with Gasteiger partial charge in [0.15, 0.2) is 5.16 Å². The first-order valence-electron chi connectivity index (χ1n) is 6.68. The third-order valence-corrected chi connectivity index (χ3v) is 3.64. The van der Waals surface area contributed by atoms with Crippen molar-refractivity contribution in [2.75, 3.05) is 36.6 Å². The van der Waals surface area contributed by atoms with Crippen LogP contribution >= 0.6 is 11.8 Å². The van der Waals surface area contributed by atoms with Crippen LogP contribution in [0.15, 0.2) is 11.2 Å². The van der Waals surface area contributed by atoms with Gasteiger partial charge in [0.25, 0.3) is 0 Å². The van der Waals surface area contributed by atoms with Gasteiger partial charge in [0.2, 0.25) is 0 Å². The second-order valence-corrected chi connectivity index (χ2v) is 5.81. The van der Waals surface area contributed by atoms with Crippen LogP contribution in [0.25, 0.3) is 0 Å². The maximum Gasteiger partial charge on any atom is 0.191 e. The normalized spacial score (nSPS) is 22.5. The minimum absolute atomic E-state index is 0.0218. The van der Waals surface area contributed by atoms with E-state index in [1.807, 2.05) is 12.3 Å². The van der Waals surface area contributed by atoms with E-state index < -0.39 is 0 Å². The van der Waals surface area contributed by atoms with E-state index in [4.69, 9.17) is 4.74 Å². The van der Waals surface area contributed by atoms with Crippen LogP contribution in [-0.4, -0.2) is 41.5 Å². The van der Waals surface area contributed by atoms with Gasteiger partial charge in [-0.25, -0.2) is 9.97 Å². The first-order chi connectivity index (χ1) is 9.15. The summed E-state index contributed by atoms with van der Waals surface area (Å²) >= 11 is 1.55. The summed E-state index contributed by atoms with van der Waals surface area (Å²) in [4.78, 5) is 8.97. The predicted molar refractivity (Wildman–Crippen MR) is 80.1 cm³/mol. The summed E-state index contributed by atoms with van der Waals surface area (Å²) in [5, 5.41) is 7.57. The summed E-state index contributed by atoms with van der Waals surface area (Å²) in [6.45, 7) is 6.76. The Balaban J connectivity index is 2.14. The minimum Gasteiger partial charge on any atom is -0.379 e. The fourth-order valence-electron chi connectivity index (χ4n) is 2.00. The molecule has 106 valence electrons. The highest BCUT2D eigenvalue weighted by Gasteiger charge is 2.30. The quantitative estimate of drug-likeness (QED) is 0.618. The summed E-state index contributed by atoms with van der Waals surface area (Å²) in [6, 6.07) is 1.97. The number of nitrogens with one attached hydrogen (secondary N) is 2. The van der Waals surface area contributed by atoms with Gasteiger partial charge < -0.3 is 15.4 Å². The maximum absolute atomic E-state index is 5.46. The Labute approximate surface area is 118 Å². The van der Waals surface area contributed by atoms with Crippen molar-refractivity contribution in [2.24, 2.45) is 0 Å². The third-order valence-electron chi connectivity index (χ3n) is 3.09. The molecule has 0 bridgehead atoms. The first kappa shape index (κ1) is 14.4. The van der Waals surface area contributed by atoms with Crippen LogP contribution in [-0.2, 0) is 4.74 Å². The zero-order valence-electron chi connectivity index (χ0n) is 11.8. The van der Waals surface area contributed by atoms with E-state index in [0.717, 1.165) is 49.4 Å². The molecule has 5 nitrogen and oxygen atoms in total. The Morgan fingerprint density at radius 1 is 1.42 bits per heavy atom. The van der Waals surface area contributed by atoms with E-state index in [9.17, 15) is 0 Å². The molecule has 2 rings (SSSR count). The van der Waals surface area contributed by atoms with Crippen molar-refractivity contribution in [2.45, 2.75) is 37.4 Å². The van der Waals surface area contributed by atoms with Gasteiger partial charge in [0, 0.05) is 19.2 Å². The highest BCUT2D eigenvalue weighted by atomic mass is 32.2. The van der Waals surface area contributed by atoms with Crippen molar-refractivity contribution in [3.8, 4) is 0 Å². The van der Waals surface area contributed by atoms with Crippen molar-refractivity contribution in [3.63, 3.8) is 0 Å². The molecule has 1 aliphatic rings. The minimum atomic E-state index is -0.0218. The van der Waals surface area contributed by atoms with E-state index in [1.54, 1.807) is 11.8 Å². The molecule has 1 aromatic heterocycles. The molecule has 0 saturated carbocycles. The second kappa shape index (κ2) is 6.43. The molecule has 6 heteroatoms. The van der Waals surface area contributed by atoms with Crippen LogP contribution in [0.4, 0.5) is 11.6 Å². The van der Waals surface area contributed by atoms with Crippen LogP contribution in [0.3, 0.4) is 0 Å². The van der Waals surface area contributed by atoms with Gasteiger partial charge in [0.05, 0.1) is 12.1 Å². The van der Waals surface area contributed by atoms with Gasteiger partial charge >= 0.3 is 0 Å². The Kier molecular flexibility index (Phi) is 4.87. The number of nitrogens with zero attached hydrogens (tertiary/aromatic N) is 2. The lowest BCUT2D eigenvalue weighted by Gasteiger charge is -2.24. The topological polar surface area (TPSA) is 59.1 Å². The van der Waals surface area contributed by atoms with Crippen molar-refractivity contribution in [3.05, 3.63) is 6.07 Å². The largest absolute Gasteiger partial charge is 0.379 e. The molecule has 1 aliphatic heterocycles. The fraction of sp³-hybridized carbons (Fsp3) is 0.692. The standard InChI is InChI=1S/C13H22N4OS/c1-4-6-14-10-8-11(16-12(15-10)19-3)17-13(2)5-7-18-9-13/h8H,4-7,9H2,1-3H3,(H2,14,15,16,17). The van der Waals surface area contributed by atoms with Crippen molar-refractivity contribution in [1.82, 2.24) is 9.97 Å². The molecule has 0 aromatic carbocycles. The van der Waals surface area contributed by atoms with E-state index in [2.05, 4.69) is 34.4 Å². The molecule has 1 unspecified atom stereocenters. The van der Waals surface area contributed by atoms with Crippen molar-refractivity contribution >= 4 is 23.4 Å². The Hall–Kier alpha value is -1.01. The second-order valence-electron chi connectivity index (χ2n) is 5.04. The molecule has 0 amide bonds. The van der Waals surface area contributed by atoms with Crippen LogP contribution in [0, 0.1) is 0 Å². The number of ether oxygens (including phenoxy) is 1. The maximum atomic E-state index is 5.46. The van der Waals surface area contributed by atoms with E-state index in [0.29, 0.717) is 0 Å². The molecular weight excluding hydrogens is 260 g/mol. The average Bonchev–Trinajstić information content (AvgIpc) is 2.82. The average molecular weight is 282 g/mol. The number of hydrogen-bond donors (Lipinski definition) is 2. The third kappa shape index (κ3) is 3.98. The Bertz CT molecular complexity index is 421. The lowest BCUT2D eigenvalue weighted by Crippen LogP contribution is -2.35. The fourth-order valence-corrected chi connectivity index (χ4v) is 2.38. The Morgan fingerprint density at radius 3 is 2.84 bits per heavy atom. The molecule has 1 aromatic rings.